The number of aryl methyl sites for hydroxylation is 1. The highest BCUT2D eigenvalue weighted by Gasteiger charge is 2.22. The third kappa shape index (κ3) is 3.27. The minimum atomic E-state index is -0.104. The van der Waals surface area contributed by atoms with Crippen LogP contribution in [0.4, 0.5) is 5.69 Å². The summed E-state index contributed by atoms with van der Waals surface area (Å²) in [5.41, 5.74) is 1.81. The first-order valence-electron chi connectivity index (χ1n) is 6.34. The molecule has 1 saturated heterocycles. The van der Waals surface area contributed by atoms with Crippen LogP contribution in [0.2, 0.25) is 0 Å². The lowest BCUT2D eigenvalue weighted by atomic mass is 10.2. The first-order chi connectivity index (χ1) is 8.66. The molecule has 98 valence electrons. The van der Waals surface area contributed by atoms with Crippen LogP contribution in [0.1, 0.15) is 12.5 Å². The lowest BCUT2D eigenvalue weighted by Gasteiger charge is -2.31. The van der Waals surface area contributed by atoms with Gasteiger partial charge in [0, 0.05) is 32.4 Å². The Hall–Kier alpha value is -1.46. The number of pyridine rings is 1. The van der Waals surface area contributed by atoms with Gasteiger partial charge in [0.2, 0.25) is 5.91 Å². The van der Waals surface area contributed by atoms with Crippen molar-refractivity contribution in [1.82, 2.24) is 15.2 Å². The highest BCUT2D eigenvalue weighted by molar-refractivity contribution is 5.94. The zero-order valence-electron chi connectivity index (χ0n) is 10.9. The number of nitrogens with one attached hydrogen (secondary N) is 2. The second-order valence-electron chi connectivity index (χ2n) is 4.70. The summed E-state index contributed by atoms with van der Waals surface area (Å²) < 4.78 is 0. The lowest BCUT2D eigenvalue weighted by molar-refractivity contribution is -0.120. The van der Waals surface area contributed by atoms with Gasteiger partial charge in [0.1, 0.15) is 0 Å². The van der Waals surface area contributed by atoms with E-state index >= 15 is 0 Å². The average molecular weight is 248 g/mol. The summed E-state index contributed by atoms with van der Waals surface area (Å²) in [6.45, 7) is 7.64. The SMILES string of the molecule is Cc1cncc(NC(=O)C(C)N2CCNCC2)c1. The van der Waals surface area contributed by atoms with Crippen LogP contribution < -0.4 is 10.6 Å². The summed E-state index contributed by atoms with van der Waals surface area (Å²) in [6, 6.07) is 1.82. The van der Waals surface area contributed by atoms with Gasteiger partial charge in [-0.2, -0.15) is 0 Å². The fraction of sp³-hybridized carbons (Fsp3) is 0.538. The van der Waals surface area contributed by atoms with Gasteiger partial charge < -0.3 is 10.6 Å². The molecule has 1 amide bonds. The molecule has 0 radical (unpaired) electrons. The van der Waals surface area contributed by atoms with Crippen molar-refractivity contribution in [2.75, 3.05) is 31.5 Å². The molecule has 1 aliphatic rings. The average Bonchev–Trinajstić information content (AvgIpc) is 2.39. The topological polar surface area (TPSA) is 57.3 Å². The van der Waals surface area contributed by atoms with Crippen LogP contribution in [0.15, 0.2) is 18.5 Å². The molecule has 0 saturated carbocycles. The zero-order valence-corrected chi connectivity index (χ0v) is 10.9. The molecule has 0 spiro atoms. The first kappa shape index (κ1) is 13.0. The van der Waals surface area contributed by atoms with Gasteiger partial charge in [-0.15, -0.1) is 0 Å². The zero-order chi connectivity index (χ0) is 13.0. The molecule has 5 heteroatoms. The van der Waals surface area contributed by atoms with E-state index in [-0.39, 0.29) is 11.9 Å². The standard InChI is InChI=1S/C13H20N4O/c1-10-7-12(9-15-8-10)16-13(18)11(2)17-5-3-14-4-6-17/h7-9,11,14H,3-6H2,1-2H3,(H,16,18). The number of hydrogen-bond acceptors (Lipinski definition) is 4. The summed E-state index contributed by atoms with van der Waals surface area (Å²) in [5, 5.41) is 6.20. The predicted molar refractivity (Wildman–Crippen MR) is 71.5 cm³/mol. The van der Waals surface area contributed by atoms with Crippen LogP contribution >= 0.6 is 0 Å². The maximum atomic E-state index is 12.1. The van der Waals surface area contributed by atoms with Crippen LogP contribution in [-0.4, -0.2) is 48.0 Å². The van der Waals surface area contributed by atoms with E-state index in [1.165, 1.54) is 0 Å². The molecular weight excluding hydrogens is 228 g/mol. The largest absolute Gasteiger partial charge is 0.323 e. The van der Waals surface area contributed by atoms with E-state index in [1.807, 2.05) is 19.9 Å². The molecule has 1 atom stereocenters. The number of aromatic nitrogens is 1. The Morgan fingerprint density at radius 2 is 2.17 bits per heavy atom. The van der Waals surface area contributed by atoms with Crippen molar-refractivity contribution in [3.05, 3.63) is 24.0 Å². The smallest absolute Gasteiger partial charge is 0.241 e. The Morgan fingerprint density at radius 1 is 1.44 bits per heavy atom. The number of nitrogens with zero attached hydrogens (tertiary/aromatic N) is 2. The van der Waals surface area contributed by atoms with E-state index in [1.54, 1.807) is 12.4 Å². The minimum Gasteiger partial charge on any atom is -0.323 e. The lowest BCUT2D eigenvalue weighted by Crippen LogP contribution is -2.51. The molecule has 0 bridgehead atoms. The Balaban J connectivity index is 1.94. The Morgan fingerprint density at radius 3 is 2.83 bits per heavy atom. The number of rotatable bonds is 3. The van der Waals surface area contributed by atoms with Gasteiger partial charge in [-0.3, -0.25) is 14.7 Å². The van der Waals surface area contributed by atoms with Crippen LogP contribution in [0.5, 0.6) is 0 Å². The van der Waals surface area contributed by atoms with Gasteiger partial charge in [-0.05, 0) is 25.5 Å². The molecule has 2 heterocycles. The molecule has 1 fully saturated rings. The molecule has 0 aromatic carbocycles. The van der Waals surface area contributed by atoms with Crippen LogP contribution in [0.3, 0.4) is 0 Å². The van der Waals surface area contributed by atoms with E-state index in [2.05, 4.69) is 20.5 Å². The molecule has 1 unspecified atom stereocenters. The first-order valence-corrected chi connectivity index (χ1v) is 6.34. The van der Waals surface area contributed by atoms with Gasteiger partial charge in [0.15, 0.2) is 0 Å². The van der Waals surface area contributed by atoms with Crippen molar-refractivity contribution in [2.45, 2.75) is 19.9 Å². The molecule has 1 aliphatic heterocycles. The minimum absolute atomic E-state index is 0.0318. The number of piperazine rings is 1. The summed E-state index contributed by atoms with van der Waals surface area (Å²) in [5.74, 6) is 0.0318. The highest BCUT2D eigenvalue weighted by atomic mass is 16.2. The molecule has 1 aromatic rings. The Kier molecular flexibility index (Phi) is 4.28. The number of carbonyl (C=O) groups excluding carboxylic acids is 1. The normalized spacial score (nSPS) is 18.3. The third-order valence-corrected chi connectivity index (χ3v) is 3.22. The highest BCUT2D eigenvalue weighted by Crippen LogP contribution is 2.09. The maximum Gasteiger partial charge on any atom is 0.241 e. The molecule has 5 nitrogen and oxygen atoms in total. The van der Waals surface area contributed by atoms with Gasteiger partial charge in [-0.1, -0.05) is 0 Å². The monoisotopic (exact) mass is 248 g/mol. The van der Waals surface area contributed by atoms with Gasteiger partial charge in [0.05, 0.1) is 17.9 Å². The van der Waals surface area contributed by atoms with E-state index in [9.17, 15) is 4.79 Å². The summed E-state index contributed by atoms with van der Waals surface area (Å²) in [6.07, 6.45) is 3.45. The molecule has 2 N–H and O–H groups in total. The van der Waals surface area contributed by atoms with Gasteiger partial charge in [-0.25, -0.2) is 0 Å². The maximum absolute atomic E-state index is 12.1. The molecule has 1 aromatic heterocycles. The number of carbonyl (C=O) groups is 1. The molecular formula is C13H20N4O. The van der Waals surface area contributed by atoms with Crippen molar-refractivity contribution in [2.24, 2.45) is 0 Å². The van der Waals surface area contributed by atoms with Crippen LogP contribution in [-0.2, 0) is 4.79 Å². The van der Waals surface area contributed by atoms with E-state index in [0.29, 0.717) is 0 Å². The number of hydrogen-bond donors (Lipinski definition) is 2. The number of amides is 1. The Bertz CT molecular complexity index is 415. The van der Waals surface area contributed by atoms with Crippen molar-refractivity contribution in [1.29, 1.82) is 0 Å². The summed E-state index contributed by atoms with van der Waals surface area (Å²) >= 11 is 0. The molecule has 2 rings (SSSR count). The van der Waals surface area contributed by atoms with Gasteiger partial charge in [0.25, 0.3) is 0 Å². The molecule has 18 heavy (non-hydrogen) atoms. The quantitative estimate of drug-likeness (QED) is 0.823. The summed E-state index contributed by atoms with van der Waals surface area (Å²) in [4.78, 5) is 18.4. The second-order valence-corrected chi connectivity index (χ2v) is 4.70. The van der Waals surface area contributed by atoms with E-state index in [0.717, 1.165) is 37.4 Å². The summed E-state index contributed by atoms with van der Waals surface area (Å²) in [7, 11) is 0. The van der Waals surface area contributed by atoms with Crippen molar-refractivity contribution in [3.8, 4) is 0 Å². The van der Waals surface area contributed by atoms with Crippen molar-refractivity contribution < 1.29 is 4.79 Å². The van der Waals surface area contributed by atoms with Crippen molar-refractivity contribution >= 4 is 11.6 Å². The predicted octanol–water partition coefficient (Wildman–Crippen LogP) is 0.622. The van der Waals surface area contributed by atoms with Gasteiger partial charge >= 0.3 is 0 Å². The van der Waals surface area contributed by atoms with Crippen LogP contribution in [0, 0.1) is 6.92 Å². The van der Waals surface area contributed by atoms with E-state index < -0.39 is 0 Å². The number of anilines is 1. The third-order valence-electron chi connectivity index (χ3n) is 3.22. The molecule has 0 aliphatic carbocycles. The van der Waals surface area contributed by atoms with Crippen LogP contribution in [0.25, 0.3) is 0 Å². The second kappa shape index (κ2) is 5.93. The van der Waals surface area contributed by atoms with E-state index in [4.69, 9.17) is 0 Å². The van der Waals surface area contributed by atoms with Crippen molar-refractivity contribution in [3.63, 3.8) is 0 Å². The fourth-order valence-electron chi connectivity index (χ4n) is 2.11. The Labute approximate surface area is 108 Å². The fourth-order valence-corrected chi connectivity index (χ4v) is 2.11.